The van der Waals surface area contributed by atoms with Gasteiger partial charge in [-0.3, -0.25) is 4.98 Å². The van der Waals surface area contributed by atoms with E-state index in [0.29, 0.717) is 33.4 Å². The summed E-state index contributed by atoms with van der Waals surface area (Å²) in [6.45, 7) is 0. The Kier molecular flexibility index (Phi) is 5.00. The highest BCUT2D eigenvalue weighted by Gasteiger charge is 2.12. The highest BCUT2D eigenvalue weighted by molar-refractivity contribution is 6.34. The Morgan fingerprint density at radius 2 is 1.77 bits per heavy atom. The number of halogens is 2. The second-order valence-corrected chi connectivity index (χ2v) is 4.66. The smallest absolute Gasteiger partial charge is 0.163 e. The average molecular weight is 338 g/mol. The molecule has 7 heteroatoms. The predicted molar refractivity (Wildman–Crippen MR) is 88.1 cm³/mol. The van der Waals surface area contributed by atoms with Gasteiger partial charge < -0.3 is 9.47 Å². The first kappa shape index (κ1) is 16.3. The van der Waals surface area contributed by atoms with Gasteiger partial charge in [-0.15, -0.1) is 12.4 Å². The summed E-state index contributed by atoms with van der Waals surface area (Å²) in [6, 6.07) is 7.25. The largest absolute Gasteiger partial charge is 0.493 e. The number of pyridine rings is 1. The van der Waals surface area contributed by atoms with E-state index in [0.717, 1.165) is 5.56 Å². The minimum absolute atomic E-state index is 0. The van der Waals surface area contributed by atoms with E-state index in [9.17, 15) is 0 Å². The van der Waals surface area contributed by atoms with Gasteiger partial charge in [-0.1, -0.05) is 11.6 Å². The van der Waals surface area contributed by atoms with Crippen LogP contribution in [0.3, 0.4) is 0 Å². The Balaban J connectivity index is 0.00000176. The van der Waals surface area contributed by atoms with Crippen molar-refractivity contribution in [1.82, 2.24) is 15.0 Å². The number of rotatable bonds is 3. The number of ether oxygens (including phenoxy) is 2. The summed E-state index contributed by atoms with van der Waals surface area (Å²) in [5, 5.41) is 1.07. The molecule has 0 atom stereocenters. The second kappa shape index (κ2) is 6.77. The monoisotopic (exact) mass is 337 g/mol. The summed E-state index contributed by atoms with van der Waals surface area (Å²) in [4.78, 5) is 12.9. The molecule has 0 fully saturated rings. The molecule has 2 heterocycles. The lowest BCUT2D eigenvalue weighted by Gasteiger charge is -2.10. The van der Waals surface area contributed by atoms with Crippen molar-refractivity contribution in [1.29, 1.82) is 0 Å². The van der Waals surface area contributed by atoms with E-state index in [1.807, 2.05) is 12.1 Å². The van der Waals surface area contributed by atoms with Crippen LogP contribution in [0.5, 0.6) is 11.5 Å². The van der Waals surface area contributed by atoms with Gasteiger partial charge in [0.25, 0.3) is 0 Å². The maximum atomic E-state index is 6.27. The highest BCUT2D eigenvalue weighted by atomic mass is 35.5. The molecule has 0 amide bonds. The third-order valence-corrected chi connectivity index (χ3v) is 3.36. The van der Waals surface area contributed by atoms with Gasteiger partial charge in [0.1, 0.15) is 5.15 Å². The molecular weight excluding hydrogens is 325 g/mol. The topological polar surface area (TPSA) is 57.1 Å². The number of benzene rings is 1. The van der Waals surface area contributed by atoms with Gasteiger partial charge in [0.05, 0.1) is 19.7 Å². The minimum atomic E-state index is 0. The van der Waals surface area contributed by atoms with Crippen LogP contribution in [0.15, 0.2) is 36.7 Å². The van der Waals surface area contributed by atoms with Crippen LogP contribution < -0.4 is 9.47 Å². The molecule has 22 heavy (non-hydrogen) atoms. The van der Waals surface area contributed by atoms with Gasteiger partial charge >= 0.3 is 0 Å². The zero-order valence-electron chi connectivity index (χ0n) is 11.9. The standard InChI is InChI=1S/C15H12ClN3O2.ClH/c1-20-12-6-10-11(7-13(12)21-2)18-15(19-14(10)16)9-4-3-5-17-8-9;/h3-8H,1-2H3;1H. The third-order valence-electron chi connectivity index (χ3n) is 3.07. The molecule has 1 aromatic carbocycles. The molecule has 0 N–H and O–H groups in total. The Hall–Kier alpha value is -2.11. The van der Waals surface area contributed by atoms with E-state index in [1.54, 1.807) is 38.7 Å². The van der Waals surface area contributed by atoms with Crippen molar-refractivity contribution in [2.45, 2.75) is 0 Å². The van der Waals surface area contributed by atoms with E-state index in [4.69, 9.17) is 21.1 Å². The summed E-state index contributed by atoms with van der Waals surface area (Å²) in [5.41, 5.74) is 1.49. The lowest BCUT2D eigenvalue weighted by Crippen LogP contribution is -1.95. The molecule has 3 rings (SSSR count). The molecule has 2 aromatic heterocycles. The number of aromatic nitrogens is 3. The molecule has 0 radical (unpaired) electrons. The molecule has 0 aliphatic rings. The predicted octanol–water partition coefficient (Wildman–Crippen LogP) is 3.78. The molecular formula is C15H13Cl2N3O2. The van der Waals surface area contributed by atoms with E-state index >= 15 is 0 Å². The fraction of sp³-hybridized carbons (Fsp3) is 0.133. The van der Waals surface area contributed by atoms with Crippen LogP contribution in [-0.2, 0) is 0 Å². The highest BCUT2D eigenvalue weighted by Crippen LogP contribution is 2.34. The van der Waals surface area contributed by atoms with Gasteiger partial charge in [0, 0.05) is 29.4 Å². The van der Waals surface area contributed by atoms with Crippen LogP contribution in [0.4, 0.5) is 0 Å². The lowest BCUT2D eigenvalue weighted by atomic mass is 10.2. The van der Waals surface area contributed by atoms with Crippen molar-refractivity contribution in [3.05, 3.63) is 41.8 Å². The summed E-state index contributed by atoms with van der Waals surface area (Å²) < 4.78 is 10.6. The molecule has 0 bridgehead atoms. The number of hydrogen-bond donors (Lipinski definition) is 0. The number of fused-ring (bicyclic) bond motifs is 1. The van der Waals surface area contributed by atoms with Crippen LogP contribution in [0.1, 0.15) is 0 Å². The van der Waals surface area contributed by atoms with Gasteiger partial charge in [-0.05, 0) is 18.2 Å². The Bertz CT molecular complexity index is 798. The zero-order chi connectivity index (χ0) is 14.8. The van der Waals surface area contributed by atoms with Crippen molar-refractivity contribution in [2.75, 3.05) is 14.2 Å². The van der Waals surface area contributed by atoms with Crippen molar-refractivity contribution in [3.63, 3.8) is 0 Å². The molecule has 0 unspecified atom stereocenters. The Labute approximate surface area is 138 Å². The van der Waals surface area contributed by atoms with Gasteiger partial charge in [-0.2, -0.15) is 0 Å². The average Bonchev–Trinajstić information content (AvgIpc) is 2.54. The first-order chi connectivity index (χ1) is 10.2. The summed E-state index contributed by atoms with van der Waals surface area (Å²) >= 11 is 6.27. The van der Waals surface area contributed by atoms with Gasteiger partial charge in [0.2, 0.25) is 0 Å². The molecule has 114 valence electrons. The molecule has 0 spiro atoms. The lowest BCUT2D eigenvalue weighted by molar-refractivity contribution is 0.356. The molecule has 0 aliphatic carbocycles. The number of nitrogens with zero attached hydrogens (tertiary/aromatic N) is 3. The number of methoxy groups -OCH3 is 2. The van der Waals surface area contributed by atoms with Crippen molar-refractivity contribution in [3.8, 4) is 22.9 Å². The summed E-state index contributed by atoms with van der Waals surface area (Å²) in [5.74, 6) is 1.70. The normalized spacial score (nSPS) is 10.1. The van der Waals surface area contributed by atoms with Crippen LogP contribution in [0.25, 0.3) is 22.3 Å². The fourth-order valence-corrected chi connectivity index (χ4v) is 2.27. The number of hydrogen-bond acceptors (Lipinski definition) is 5. The Morgan fingerprint density at radius 1 is 1.05 bits per heavy atom. The first-order valence-electron chi connectivity index (χ1n) is 6.22. The van der Waals surface area contributed by atoms with E-state index < -0.39 is 0 Å². The quantitative estimate of drug-likeness (QED) is 0.680. The molecule has 0 saturated heterocycles. The fourth-order valence-electron chi connectivity index (χ4n) is 2.04. The first-order valence-corrected chi connectivity index (χ1v) is 6.60. The maximum Gasteiger partial charge on any atom is 0.163 e. The van der Waals surface area contributed by atoms with Gasteiger partial charge in [-0.25, -0.2) is 9.97 Å². The zero-order valence-corrected chi connectivity index (χ0v) is 13.5. The molecule has 5 nitrogen and oxygen atoms in total. The van der Waals surface area contributed by atoms with Gasteiger partial charge in [0.15, 0.2) is 17.3 Å². The summed E-state index contributed by atoms with van der Waals surface area (Å²) in [6.07, 6.45) is 3.39. The van der Waals surface area contributed by atoms with Crippen LogP contribution in [0, 0.1) is 0 Å². The van der Waals surface area contributed by atoms with E-state index in [1.165, 1.54) is 0 Å². The molecule has 0 saturated carbocycles. The maximum absolute atomic E-state index is 6.27. The van der Waals surface area contributed by atoms with Crippen LogP contribution in [0.2, 0.25) is 5.15 Å². The Morgan fingerprint density at radius 3 is 2.41 bits per heavy atom. The van der Waals surface area contributed by atoms with Crippen LogP contribution in [-0.4, -0.2) is 29.2 Å². The van der Waals surface area contributed by atoms with Crippen molar-refractivity contribution >= 4 is 34.9 Å². The van der Waals surface area contributed by atoms with Crippen LogP contribution >= 0.6 is 24.0 Å². The van der Waals surface area contributed by atoms with E-state index in [2.05, 4.69) is 15.0 Å². The summed E-state index contributed by atoms with van der Waals surface area (Å²) in [7, 11) is 3.15. The SMILES string of the molecule is COc1cc2nc(-c3cccnc3)nc(Cl)c2cc1OC.Cl. The van der Waals surface area contributed by atoms with Crippen molar-refractivity contribution in [2.24, 2.45) is 0 Å². The molecule has 3 aromatic rings. The second-order valence-electron chi connectivity index (χ2n) is 4.30. The minimum Gasteiger partial charge on any atom is -0.493 e. The molecule has 0 aliphatic heterocycles. The van der Waals surface area contributed by atoms with Crippen molar-refractivity contribution < 1.29 is 9.47 Å². The third kappa shape index (κ3) is 2.91. The van der Waals surface area contributed by atoms with E-state index in [-0.39, 0.29) is 12.4 Å².